The van der Waals surface area contributed by atoms with Gasteiger partial charge in [0, 0.05) is 5.56 Å². The van der Waals surface area contributed by atoms with Gasteiger partial charge in [0.05, 0.1) is 0 Å². The first kappa shape index (κ1) is 15.2. The molecule has 4 nitrogen and oxygen atoms in total. The van der Waals surface area contributed by atoms with E-state index in [0.29, 0.717) is 5.56 Å². The van der Waals surface area contributed by atoms with Crippen molar-refractivity contribution in [3.05, 3.63) is 72.3 Å². The van der Waals surface area contributed by atoms with Crippen molar-refractivity contribution >= 4 is 26.7 Å². The van der Waals surface area contributed by atoms with Crippen LogP contribution >= 0.6 is 0 Å². The fraction of sp³-hybridized carbons (Fsp3) is 0.0556. The normalized spacial score (nSPS) is 11.3. The lowest BCUT2D eigenvalue weighted by atomic mass is 10.1. The molecule has 0 aliphatic carbocycles. The Morgan fingerprint density at radius 2 is 1.52 bits per heavy atom. The summed E-state index contributed by atoms with van der Waals surface area (Å²) in [5.74, 6) is 0.0806. The fourth-order valence-electron chi connectivity index (χ4n) is 2.24. The third-order valence-corrected chi connectivity index (χ3v) is 4.72. The van der Waals surface area contributed by atoms with Gasteiger partial charge in [0.2, 0.25) is 0 Å². The zero-order valence-corrected chi connectivity index (χ0v) is 13.2. The van der Waals surface area contributed by atoms with Crippen molar-refractivity contribution in [2.75, 3.05) is 0 Å². The van der Waals surface area contributed by atoms with Crippen LogP contribution in [0.2, 0.25) is 0 Å². The molecule has 0 saturated carbocycles. The maximum Gasteiger partial charge on any atom is 0.339 e. The molecule has 0 aliphatic rings. The quantitative estimate of drug-likeness (QED) is 0.540. The number of hydrogen-bond donors (Lipinski definition) is 0. The van der Waals surface area contributed by atoms with Crippen LogP contribution in [0, 0.1) is 0 Å². The van der Waals surface area contributed by atoms with E-state index in [4.69, 9.17) is 4.18 Å². The molecule has 3 aromatic rings. The van der Waals surface area contributed by atoms with E-state index in [1.165, 1.54) is 37.3 Å². The minimum Gasteiger partial charge on any atom is -0.379 e. The van der Waals surface area contributed by atoms with Crippen LogP contribution in [0.15, 0.2) is 71.6 Å². The van der Waals surface area contributed by atoms with Crippen molar-refractivity contribution in [3.8, 4) is 5.75 Å². The van der Waals surface area contributed by atoms with Crippen molar-refractivity contribution < 1.29 is 17.4 Å². The molecule has 0 heterocycles. The first-order valence-electron chi connectivity index (χ1n) is 7.00. The second-order valence-electron chi connectivity index (χ2n) is 5.13. The van der Waals surface area contributed by atoms with Gasteiger partial charge in [0.15, 0.2) is 5.78 Å². The van der Waals surface area contributed by atoms with Crippen LogP contribution in [0.5, 0.6) is 5.75 Å². The number of carbonyl (C=O) groups is 1. The van der Waals surface area contributed by atoms with E-state index in [-0.39, 0.29) is 16.4 Å². The predicted molar refractivity (Wildman–Crippen MR) is 88.2 cm³/mol. The second-order valence-corrected chi connectivity index (χ2v) is 6.67. The van der Waals surface area contributed by atoms with Crippen LogP contribution in [-0.2, 0) is 10.1 Å². The van der Waals surface area contributed by atoms with E-state index in [1.807, 2.05) is 24.3 Å². The summed E-state index contributed by atoms with van der Waals surface area (Å²) in [7, 11) is -3.92. The summed E-state index contributed by atoms with van der Waals surface area (Å²) in [6, 6.07) is 18.3. The molecule has 0 amide bonds. The van der Waals surface area contributed by atoms with Gasteiger partial charge in [0.25, 0.3) is 0 Å². The minimum absolute atomic E-state index is 0.0889. The Bertz CT molecular complexity index is 973. The summed E-state index contributed by atoms with van der Waals surface area (Å²) in [5.41, 5.74) is 0.500. The van der Waals surface area contributed by atoms with E-state index in [9.17, 15) is 13.2 Å². The van der Waals surface area contributed by atoms with E-state index in [2.05, 4.69) is 0 Å². The van der Waals surface area contributed by atoms with E-state index in [1.54, 1.807) is 12.1 Å². The zero-order valence-electron chi connectivity index (χ0n) is 12.4. The van der Waals surface area contributed by atoms with Crippen molar-refractivity contribution in [2.45, 2.75) is 11.8 Å². The molecule has 0 aliphatic heterocycles. The molecule has 23 heavy (non-hydrogen) atoms. The standard InChI is InChI=1S/C18H14O4S/c1-13(19)14-6-9-17(10-7-14)22-23(20,21)18-11-8-15-4-2-3-5-16(15)12-18/h2-12H,1H3. The summed E-state index contributed by atoms with van der Waals surface area (Å²) in [5, 5.41) is 1.78. The van der Waals surface area contributed by atoms with Crippen LogP contribution in [0.3, 0.4) is 0 Å². The largest absolute Gasteiger partial charge is 0.379 e. The number of fused-ring (bicyclic) bond motifs is 1. The van der Waals surface area contributed by atoms with Gasteiger partial charge in [-0.25, -0.2) is 0 Å². The Morgan fingerprint density at radius 1 is 0.870 bits per heavy atom. The molecule has 0 saturated heterocycles. The number of ketones is 1. The Hall–Kier alpha value is -2.66. The highest BCUT2D eigenvalue weighted by atomic mass is 32.2. The highest BCUT2D eigenvalue weighted by molar-refractivity contribution is 7.87. The lowest BCUT2D eigenvalue weighted by Crippen LogP contribution is -2.09. The van der Waals surface area contributed by atoms with Gasteiger partial charge >= 0.3 is 10.1 Å². The molecule has 3 rings (SSSR count). The molecule has 5 heteroatoms. The van der Waals surface area contributed by atoms with Crippen molar-refractivity contribution in [2.24, 2.45) is 0 Å². The molecule has 0 unspecified atom stereocenters. The van der Waals surface area contributed by atoms with Crippen LogP contribution in [0.4, 0.5) is 0 Å². The highest BCUT2D eigenvalue weighted by Gasteiger charge is 2.17. The molecule has 0 aromatic heterocycles. The molecule has 0 atom stereocenters. The van der Waals surface area contributed by atoms with E-state index >= 15 is 0 Å². The van der Waals surface area contributed by atoms with E-state index in [0.717, 1.165) is 10.8 Å². The Labute approximate surface area is 134 Å². The van der Waals surface area contributed by atoms with Gasteiger partial charge in [-0.1, -0.05) is 30.3 Å². The minimum atomic E-state index is -3.92. The Morgan fingerprint density at radius 3 is 2.17 bits per heavy atom. The lowest BCUT2D eigenvalue weighted by molar-refractivity contribution is 0.101. The molecule has 0 N–H and O–H groups in total. The summed E-state index contributed by atoms with van der Waals surface area (Å²) >= 11 is 0. The molecular formula is C18H14O4S. The molecule has 0 fully saturated rings. The average Bonchev–Trinajstić information content (AvgIpc) is 2.54. The molecule has 3 aromatic carbocycles. The Kier molecular flexibility index (Phi) is 3.88. The summed E-state index contributed by atoms with van der Waals surface area (Å²) < 4.78 is 29.9. The molecular weight excluding hydrogens is 312 g/mol. The van der Waals surface area contributed by atoms with Crippen molar-refractivity contribution in [3.63, 3.8) is 0 Å². The maximum absolute atomic E-state index is 12.4. The number of benzene rings is 3. The summed E-state index contributed by atoms with van der Waals surface area (Å²) in [4.78, 5) is 11.3. The van der Waals surface area contributed by atoms with Crippen molar-refractivity contribution in [1.29, 1.82) is 0 Å². The van der Waals surface area contributed by atoms with Crippen LogP contribution in [0.1, 0.15) is 17.3 Å². The van der Waals surface area contributed by atoms with Gasteiger partial charge in [-0.05, 0) is 54.1 Å². The number of rotatable bonds is 4. The maximum atomic E-state index is 12.4. The summed E-state index contributed by atoms with van der Waals surface area (Å²) in [6.07, 6.45) is 0. The first-order valence-corrected chi connectivity index (χ1v) is 8.41. The van der Waals surface area contributed by atoms with Crippen LogP contribution < -0.4 is 4.18 Å². The molecule has 0 radical (unpaired) electrons. The Balaban J connectivity index is 1.92. The van der Waals surface area contributed by atoms with Gasteiger partial charge in [-0.15, -0.1) is 0 Å². The number of carbonyl (C=O) groups excluding carboxylic acids is 1. The van der Waals surface area contributed by atoms with E-state index < -0.39 is 10.1 Å². The average molecular weight is 326 g/mol. The highest BCUT2D eigenvalue weighted by Crippen LogP contribution is 2.23. The second kappa shape index (κ2) is 5.85. The van der Waals surface area contributed by atoms with Crippen LogP contribution in [-0.4, -0.2) is 14.2 Å². The van der Waals surface area contributed by atoms with Crippen LogP contribution in [0.25, 0.3) is 10.8 Å². The number of hydrogen-bond acceptors (Lipinski definition) is 4. The van der Waals surface area contributed by atoms with Crippen molar-refractivity contribution in [1.82, 2.24) is 0 Å². The van der Waals surface area contributed by atoms with Gasteiger partial charge in [-0.2, -0.15) is 8.42 Å². The van der Waals surface area contributed by atoms with Gasteiger partial charge < -0.3 is 4.18 Å². The molecule has 116 valence electrons. The van der Waals surface area contributed by atoms with Gasteiger partial charge in [0.1, 0.15) is 10.6 Å². The smallest absolute Gasteiger partial charge is 0.339 e. The topological polar surface area (TPSA) is 60.4 Å². The third-order valence-electron chi connectivity index (χ3n) is 3.48. The monoisotopic (exact) mass is 326 g/mol. The lowest BCUT2D eigenvalue weighted by Gasteiger charge is -2.08. The first-order chi connectivity index (χ1) is 11.0. The predicted octanol–water partition coefficient (Wildman–Crippen LogP) is 3.81. The zero-order chi connectivity index (χ0) is 16.4. The van der Waals surface area contributed by atoms with Gasteiger partial charge in [-0.3, -0.25) is 4.79 Å². The third kappa shape index (κ3) is 3.24. The SMILES string of the molecule is CC(=O)c1ccc(OS(=O)(=O)c2ccc3ccccc3c2)cc1. The summed E-state index contributed by atoms with van der Waals surface area (Å²) in [6.45, 7) is 1.45. The molecule has 0 spiro atoms. The fourth-order valence-corrected chi connectivity index (χ4v) is 3.21. The number of Topliss-reactive ketones (excluding diaryl/α,β-unsaturated/α-hetero) is 1. The molecule has 0 bridgehead atoms.